The fourth-order valence-electron chi connectivity index (χ4n) is 1.28. The van der Waals surface area contributed by atoms with Gasteiger partial charge in [0.15, 0.2) is 0 Å². The molecule has 0 bridgehead atoms. The second-order valence-electron chi connectivity index (χ2n) is 2.90. The number of hydrogen-bond acceptors (Lipinski definition) is 4. The van der Waals surface area contributed by atoms with E-state index in [0.717, 1.165) is 0 Å². The molecular formula is C8H15BO4. The summed E-state index contributed by atoms with van der Waals surface area (Å²) < 4.78 is 20.7. The van der Waals surface area contributed by atoms with Crippen molar-refractivity contribution >= 4 is 7.85 Å². The van der Waals surface area contributed by atoms with Gasteiger partial charge in [0.1, 0.15) is 20.1 Å². The molecule has 4 nitrogen and oxygen atoms in total. The van der Waals surface area contributed by atoms with E-state index in [1.165, 1.54) is 0 Å². The van der Waals surface area contributed by atoms with Gasteiger partial charge in [0.2, 0.25) is 0 Å². The maximum Gasteiger partial charge on any atom is 0.112 e. The Morgan fingerprint density at radius 1 is 1.38 bits per heavy atom. The maximum atomic E-state index is 5.66. The Bertz CT molecular complexity index is 144. The van der Waals surface area contributed by atoms with E-state index < -0.39 is 0 Å². The van der Waals surface area contributed by atoms with Crippen LogP contribution in [-0.4, -0.2) is 60.1 Å². The molecule has 13 heavy (non-hydrogen) atoms. The summed E-state index contributed by atoms with van der Waals surface area (Å²) in [5, 5.41) is 0. The first-order chi connectivity index (χ1) is 6.29. The molecule has 0 saturated carbocycles. The summed E-state index contributed by atoms with van der Waals surface area (Å²) in [5.41, 5.74) is 0. The molecule has 0 aromatic carbocycles. The van der Waals surface area contributed by atoms with E-state index >= 15 is 0 Å². The van der Waals surface area contributed by atoms with Gasteiger partial charge in [0.05, 0.1) is 19.8 Å². The van der Waals surface area contributed by atoms with E-state index in [9.17, 15) is 0 Å². The molecule has 5 heteroatoms. The summed E-state index contributed by atoms with van der Waals surface area (Å²) in [6.07, 6.45) is -0.244. The molecule has 0 amide bonds. The summed E-state index contributed by atoms with van der Waals surface area (Å²) in [4.78, 5) is 0. The van der Waals surface area contributed by atoms with E-state index in [-0.39, 0.29) is 18.2 Å². The van der Waals surface area contributed by atoms with Gasteiger partial charge in [0.25, 0.3) is 0 Å². The molecule has 2 radical (unpaired) electrons. The fourth-order valence-corrected chi connectivity index (χ4v) is 1.28. The van der Waals surface area contributed by atoms with E-state index in [1.807, 2.05) is 0 Å². The first-order valence-corrected chi connectivity index (χ1v) is 4.30. The molecule has 74 valence electrons. The number of rotatable bonds is 5. The van der Waals surface area contributed by atoms with Crippen LogP contribution in [0.5, 0.6) is 0 Å². The lowest BCUT2D eigenvalue weighted by atomic mass is 9.93. The highest BCUT2D eigenvalue weighted by Gasteiger charge is 2.34. The lowest BCUT2D eigenvalue weighted by Gasteiger charge is -2.20. The van der Waals surface area contributed by atoms with Gasteiger partial charge in [-0.1, -0.05) is 0 Å². The molecular weight excluding hydrogens is 171 g/mol. The van der Waals surface area contributed by atoms with Crippen LogP contribution >= 0.6 is 0 Å². The smallest absolute Gasteiger partial charge is 0.112 e. The first kappa shape index (κ1) is 11.0. The van der Waals surface area contributed by atoms with Gasteiger partial charge in [-0.05, 0) is 0 Å². The quantitative estimate of drug-likeness (QED) is 0.430. The summed E-state index contributed by atoms with van der Waals surface area (Å²) in [5.74, 6) is 0. The maximum absolute atomic E-state index is 5.66. The standard InChI is InChI=1S/C8H15BO4/c1-10-3-4-12-7-6(11-2)5-13-8(7)9/h6-8H,3-5H2,1-2H3/t6-,7-,8+/m0/s1. The van der Waals surface area contributed by atoms with Crippen LogP contribution < -0.4 is 0 Å². The second-order valence-corrected chi connectivity index (χ2v) is 2.90. The average Bonchev–Trinajstić information content (AvgIpc) is 2.48. The second kappa shape index (κ2) is 5.60. The normalized spacial score (nSPS) is 33.8. The molecule has 3 atom stereocenters. The predicted molar refractivity (Wildman–Crippen MR) is 47.9 cm³/mol. The van der Waals surface area contributed by atoms with Gasteiger partial charge < -0.3 is 18.9 Å². The molecule has 1 aliphatic rings. The highest BCUT2D eigenvalue weighted by atomic mass is 16.6. The van der Waals surface area contributed by atoms with Crippen LogP contribution in [0, 0.1) is 0 Å². The van der Waals surface area contributed by atoms with Gasteiger partial charge in [-0.2, -0.15) is 0 Å². The summed E-state index contributed by atoms with van der Waals surface area (Å²) in [6.45, 7) is 1.56. The van der Waals surface area contributed by atoms with E-state index in [0.29, 0.717) is 19.8 Å². The zero-order valence-corrected chi connectivity index (χ0v) is 8.06. The average molecular weight is 186 g/mol. The van der Waals surface area contributed by atoms with Crippen molar-refractivity contribution in [2.24, 2.45) is 0 Å². The lowest BCUT2D eigenvalue weighted by Crippen LogP contribution is -2.35. The van der Waals surface area contributed by atoms with Gasteiger partial charge in [-0.15, -0.1) is 0 Å². The number of ether oxygens (including phenoxy) is 4. The SMILES string of the molecule is [B][C@@H]1OC[C@H](OC)[C@@H]1OCCOC. The van der Waals surface area contributed by atoms with E-state index in [1.54, 1.807) is 14.2 Å². The molecule has 1 fully saturated rings. The predicted octanol–water partition coefficient (Wildman–Crippen LogP) is -0.442. The molecule has 0 aromatic heterocycles. The highest BCUT2D eigenvalue weighted by molar-refractivity contribution is 6.11. The molecule has 0 spiro atoms. The van der Waals surface area contributed by atoms with Crippen LogP contribution in [-0.2, 0) is 18.9 Å². The third-order valence-corrected chi connectivity index (χ3v) is 2.04. The van der Waals surface area contributed by atoms with Gasteiger partial charge in [-0.25, -0.2) is 0 Å². The molecule has 1 heterocycles. The number of methoxy groups -OCH3 is 2. The van der Waals surface area contributed by atoms with Gasteiger partial charge >= 0.3 is 0 Å². The van der Waals surface area contributed by atoms with Crippen LogP contribution in [0.15, 0.2) is 0 Å². The highest BCUT2D eigenvalue weighted by Crippen LogP contribution is 2.17. The molecule has 0 aliphatic carbocycles. The topological polar surface area (TPSA) is 36.9 Å². The summed E-state index contributed by atoms with van der Waals surface area (Å²) >= 11 is 0. The van der Waals surface area contributed by atoms with Gasteiger partial charge in [0, 0.05) is 20.2 Å². The van der Waals surface area contributed by atoms with Crippen LogP contribution in [0.2, 0.25) is 0 Å². The molecule has 1 rings (SSSR count). The van der Waals surface area contributed by atoms with Gasteiger partial charge in [-0.3, -0.25) is 0 Å². The molecule has 1 aliphatic heterocycles. The fraction of sp³-hybridized carbons (Fsp3) is 1.00. The Labute approximate surface area is 79.9 Å². The van der Waals surface area contributed by atoms with Crippen molar-refractivity contribution in [2.45, 2.75) is 18.2 Å². The minimum Gasteiger partial charge on any atom is -0.382 e. The third-order valence-electron chi connectivity index (χ3n) is 2.04. The van der Waals surface area contributed by atoms with Crippen molar-refractivity contribution < 1.29 is 18.9 Å². The minimum absolute atomic E-state index is 0.0631. The largest absolute Gasteiger partial charge is 0.382 e. The van der Waals surface area contributed by atoms with E-state index in [4.69, 9.17) is 26.8 Å². The van der Waals surface area contributed by atoms with Crippen molar-refractivity contribution in [1.82, 2.24) is 0 Å². The van der Waals surface area contributed by atoms with Crippen LogP contribution in [0.4, 0.5) is 0 Å². The van der Waals surface area contributed by atoms with Crippen molar-refractivity contribution in [1.29, 1.82) is 0 Å². The Hall–Kier alpha value is -0.0951. The van der Waals surface area contributed by atoms with Crippen molar-refractivity contribution in [3.63, 3.8) is 0 Å². The third kappa shape index (κ3) is 2.95. The Morgan fingerprint density at radius 3 is 2.77 bits per heavy atom. The van der Waals surface area contributed by atoms with E-state index in [2.05, 4.69) is 0 Å². The summed E-state index contributed by atoms with van der Waals surface area (Å²) in [7, 11) is 8.91. The molecule has 0 aromatic rings. The lowest BCUT2D eigenvalue weighted by molar-refractivity contribution is -0.0481. The summed E-state index contributed by atoms with van der Waals surface area (Å²) in [6, 6.07) is -0.387. The molecule has 1 saturated heterocycles. The van der Waals surface area contributed by atoms with Crippen LogP contribution in [0.25, 0.3) is 0 Å². The Kier molecular flexibility index (Phi) is 4.73. The van der Waals surface area contributed by atoms with Crippen molar-refractivity contribution in [2.75, 3.05) is 34.0 Å². The monoisotopic (exact) mass is 186 g/mol. The Morgan fingerprint density at radius 2 is 2.15 bits per heavy atom. The Balaban J connectivity index is 2.27. The van der Waals surface area contributed by atoms with Crippen molar-refractivity contribution in [3.8, 4) is 0 Å². The minimum atomic E-state index is -0.387. The first-order valence-electron chi connectivity index (χ1n) is 4.30. The zero-order valence-electron chi connectivity index (χ0n) is 8.06. The molecule has 0 unspecified atom stereocenters. The van der Waals surface area contributed by atoms with Crippen LogP contribution in [0.3, 0.4) is 0 Å². The zero-order chi connectivity index (χ0) is 9.68. The van der Waals surface area contributed by atoms with Crippen LogP contribution in [0.1, 0.15) is 0 Å². The number of hydrogen-bond donors (Lipinski definition) is 0. The van der Waals surface area contributed by atoms with Crippen molar-refractivity contribution in [3.05, 3.63) is 0 Å². The molecule has 0 N–H and O–H groups in total.